The third-order valence-electron chi connectivity index (χ3n) is 11.9. The highest BCUT2D eigenvalue weighted by molar-refractivity contribution is 5.74. The molecule has 1 aliphatic heterocycles. The standard InChI is InChI=1S/C47H76N4O6/c1-4-7-10-16-21-42(45(52)53)49-32-30-48(38-41-28-26-40(27-29-41)25-24-39-19-14-13-15-20-39)31-33-50(43(46(54)55)22-17-11-8-5-2)35-37-51(36-34-49)44(47(56)57)23-18-12-9-6-3/h13-15,19-20,26-29,42-44H,4-12,16-18,21-25,30-38H2,1-3H3,(H,52,53)(H,54,55)(H,56,57). The number of nitrogens with zero attached hydrogens (tertiary/aromatic N) is 4. The van der Waals surface area contributed by atoms with Crippen molar-refractivity contribution in [2.24, 2.45) is 0 Å². The summed E-state index contributed by atoms with van der Waals surface area (Å²) in [4.78, 5) is 47.2. The molecule has 3 N–H and O–H groups in total. The minimum absolute atomic E-state index is 0.413. The number of carboxylic acids is 3. The van der Waals surface area contributed by atoms with E-state index in [2.05, 4.69) is 84.0 Å². The Hall–Kier alpha value is -3.31. The van der Waals surface area contributed by atoms with E-state index in [1.165, 1.54) is 16.7 Å². The fourth-order valence-electron chi connectivity index (χ4n) is 8.28. The van der Waals surface area contributed by atoms with Gasteiger partial charge in [-0.1, -0.05) is 152 Å². The molecule has 0 bridgehead atoms. The van der Waals surface area contributed by atoms with Gasteiger partial charge in [-0.2, -0.15) is 0 Å². The predicted octanol–water partition coefficient (Wildman–Crippen LogP) is 8.46. The highest BCUT2D eigenvalue weighted by Gasteiger charge is 2.32. The van der Waals surface area contributed by atoms with Crippen molar-refractivity contribution in [2.75, 3.05) is 52.4 Å². The second-order valence-corrected chi connectivity index (χ2v) is 16.3. The van der Waals surface area contributed by atoms with Gasteiger partial charge in [-0.15, -0.1) is 0 Å². The zero-order chi connectivity index (χ0) is 41.3. The molecule has 1 fully saturated rings. The molecule has 0 amide bonds. The summed E-state index contributed by atoms with van der Waals surface area (Å²) < 4.78 is 0. The molecule has 0 radical (unpaired) electrons. The van der Waals surface area contributed by atoms with E-state index >= 15 is 0 Å². The summed E-state index contributed by atoms with van der Waals surface area (Å²) in [5.74, 6) is -2.51. The van der Waals surface area contributed by atoms with Gasteiger partial charge in [0, 0.05) is 58.9 Å². The molecule has 3 atom stereocenters. The summed E-state index contributed by atoms with van der Waals surface area (Å²) in [6, 6.07) is 17.3. The van der Waals surface area contributed by atoms with Gasteiger partial charge in [-0.05, 0) is 48.8 Å². The predicted molar refractivity (Wildman–Crippen MR) is 231 cm³/mol. The van der Waals surface area contributed by atoms with Crippen molar-refractivity contribution in [3.8, 4) is 0 Å². The van der Waals surface area contributed by atoms with Gasteiger partial charge in [0.25, 0.3) is 0 Å². The molecule has 0 saturated carbocycles. The van der Waals surface area contributed by atoms with Crippen LogP contribution < -0.4 is 0 Å². The molecule has 10 heteroatoms. The normalized spacial score (nSPS) is 17.3. The fraction of sp³-hybridized carbons (Fsp3) is 0.681. The molecule has 10 nitrogen and oxygen atoms in total. The van der Waals surface area contributed by atoms with Crippen molar-refractivity contribution >= 4 is 17.9 Å². The molecule has 0 aromatic heterocycles. The van der Waals surface area contributed by atoms with Crippen LogP contribution in [0.1, 0.15) is 134 Å². The van der Waals surface area contributed by atoms with Crippen molar-refractivity contribution in [3.05, 3.63) is 71.3 Å². The monoisotopic (exact) mass is 793 g/mol. The zero-order valence-corrected chi connectivity index (χ0v) is 35.7. The van der Waals surface area contributed by atoms with Crippen LogP contribution in [-0.2, 0) is 33.8 Å². The van der Waals surface area contributed by atoms with Crippen molar-refractivity contribution in [2.45, 2.75) is 155 Å². The number of aliphatic carboxylic acids is 3. The first-order valence-corrected chi connectivity index (χ1v) is 22.4. The van der Waals surface area contributed by atoms with Crippen LogP contribution in [0.15, 0.2) is 54.6 Å². The lowest BCUT2D eigenvalue weighted by Crippen LogP contribution is -2.54. The first kappa shape index (κ1) is 48.1. The van der Waals surface area contributed by atoms with E-state index in [-0.39, 0.29) is 0 Å². The number of hydrogen-bond donors (Lipinski definition) is 3. The van der Waals surface area contributed by atoms with Gasteiger partial charge in [-0.3, -0.25) is 34.0 Å². The Labute approximate surface area is 344 Å². The van der Waals surface area contributed by atoms with Gasteiger partial charge >= 0.3 is 17.9 Å². The van der Waals surface area contributed by atoms with Gasteiger partial charge in [0.15, 0.2) is 0 Å². The number of unbranched alkanes of at least 4 members (excludes halogenated alkanes) is 9. The highest BCUT2D eigenvalue weighted by Crippen LogP contribution is 2.19. The van der Waals surface area contributed by atoms with Crippen molar-refractivity contribution in [3.63, 3.8) is 0 Å². The average molecular weight is 793 g/mol. The van der Waals surface area contributed by atoms with Crippen LogP contribution in [-0.4, -0.2) is 123 Å². The fourth-order valence-corrected chi connectivity index (χ4v) is 8.28. The first-order chi connectivity index (χ1) is 27.7. The van der Waals surface area contributed by atoms with E-state index in [0.717, 1.165) is 89.9 Å². The summed E-state index contributed by atoms with van der Waals surface area (Å²) in [5.41, 5.74) is 3.77. The third kappa shape index (κ3) is 18.4. The maximum atomic E-state index is 12.9. The summed E-state index contributed by atoms with van der Waals surface area (Å²) in [7, 11) is 0. The molecular weight excluding hydrogens is 717 g/mol. The number of carboxylic acid groups (broad SMARTS) is 3. The molecule has 3 rings (SSSR count). The van der Waals surface area contributed by atoms with E-state index < -0.39 is 36.0 Å². The molecular formula is C47H76N4O6. The van der Waals surface area contributed by atoms with Gasteiger partial charge in [0.1, 0.15) is 18.1 Å². The minimum atomic E-state index is -0.863. The average Bonchev–Trinajstić information content (AvgIpc) is 3.20. The van der Waals surface area contributed by atoms with Crippen LogP contribution >= 0.6 is 0 Å². The Morgan fingerprint density at radius 1 is 0.456 bits per heavy atom. The van der Waals surface area contributed by atoms with Crippen LogP contribution in [0.5, 0.6) is 0 Å². The molecule has 320 valence electrons. The lowest BCUT2D eigenvalue weighted by atomic mass is 10.0. The quantitative estimate of drug-likeness (QED) is 0.0800. The lowest BCUT2D eigenvalue weighted by molar-refractivity contribution is -0.147. The van der Waals surface area contributed by atoms with Crippen LogP contribution in [0.3, 0.4) is 0 Å². The molecule has 2 aromatic carbocycles. The van der Waals surface area contributed by atoms with Gasteiger partial charge in [-0.25, -0.2) is 0 Å². The number of benzene rings is 2. The van der Waals surface area contributed by atoms with Crippen LogP contribution in [0.4, 0.5) is 0 Å². The van der Waals surface area contributed by atoms with E-state index in [0.29, 0.717) is 78.2 Å². The Kier molecular flexibility index (Phi) is 23.8. The Morgan fingerprint density at radius 3 is 1.14 bits per heavy atom. The van der Waals surface area contributed by atoms with Crippen LogP contribution in [0.25, 0.3) is 0 Å². The zero-order valence-electron chi connectivity index (χ0n) is 35.7. The van der Waals surface area contributed by atoms with Crippen molar-refractivity contribution in [1.82, 2.24) is 19.6 Å². The van der Waals surface area contributed by atoms with Gasteiger partial charge < -0.3 is 15.3 Å². The molecule has 57 heavy (non-hydrogen) atoms. The number of rotatable bonds is 26. The molecule has 3 unspecified atom stereocenters. The molecule has 1 saturated heterocycles. The van der Waals surface area contributed by atoms with Gasteiger partial charge in [0.05, 0.1) is 0 Å². The minimum Gasteiger partial charge on any atom is -0.480 e. The summed E-state index contributed by atoms with van der Waals surface area (Å²) in [6.07, 6.45) is 15.4. The van der Waals surface area contributed by atoms with Crippen molar-refractivity contribution in [1.29, 1.82) is 0 Å². The smallest absolute Gasteiger partial charge is 0.320 e. The SMILES string of the molecule is CCCCCCC(C(=O)O)N1CCN(Cc2ccc(CCc3ccccc3)cc2)CCN(C(CCCCCC)C(=O)O)CCN(C(CCCCCC)C(=O)O)CC1. The maximum Gasteiger partial charge on any atom is 0.320 e. The second kappa shape index (κ2) is 28.2. The van der Waals surface area contributed by atoms with E-state index in [1.54, 1.807) is 0 Å². The third-order valence-corrected chi connectivity index (χ3v) is 11.9. The topological polar surface area (TPSA) is 125 Å². The van der Waals surface area contributed by atoms with Crippen LogP contribution in [0, 0.1) is 0 Å². The largest absolute Gasteiger partial charge is 0.480 e. The molecule has 0 spiro atoms. The first-order valence-electron chi connectivity index (χ1n) is 22.4. The summed E-state index contributed by atoms with van der Waals surface area (Å²) in [6.45, 7) is 11.1. The van der Waals surface area contributed by atoms with Gasteiger partial charge in [0.2, 0.25) is 0 Å². The number of aryl methyl sites for hydroxylation is 2. The van der Waals surface area contributed by atoms with Crippen LogP contribution in [0.2, 0.25) is 0 Å². The van der Waals surface area contributed by atoms with Crippen molar-refractivity contribution < 1.29 is 29.7 Å². The Morgan fingerprint density at radius 2 is 0.789 bits per heavy atom. The van der Waals surface area contributed by atoms with E-state index in [9.17, 15) is 29.7 Å². The molecule has 1 heterocycles. The summed E-state index contributed by atoms with van der Waals surface area (Å²) >= 11 is 0. The number of hydrogen-bond acceptors (Lipinski definition) is 7. The molecule has 2 aromatic rings. The lowest BCUT2D eigenvalue weighted by Gasteiger charge is -2.39. The van der Waals surface area contributed by atoms with E-state index in [4.69, 9.17) is 0 Å². The highest BCUT2D eigenvalue weighted by atomic mass is 16.4. The molecule has 1 aliphatic rings. The number of carbonyl (C=O) groups is 3. The molecule has 0 aliphatic carbocycles. The maximum absolute atomic E-state index is 12.9. The van der Waals surface area contributed by atoms with E-state index in [1.807, 2.05) is 11.0 Å². The second-order valence-electron chi connectivity index (χ2n) is 16.3. The Balaban J connectivity index is 1.92. The summed E-state index contributed by atoms with van der Waals surface area (Å²) in [5, 5.41) is 31.7. The Bertz CT molecular complexity index is 1350.